The molecule has 0 aliphatic rings. The van der Waals surface area contributed by atoms with Gasteiger partial charge >= 0.3 is 0 Å². The molecule has 2 N–H and O–H groups in total. The fraction of sp³-hybridized carbons (Fsp3) is 0.562. The molecular formula is C16H25NO2. The minimum atomic E-state index is 0.152. The van der Waals surface area contributed by atoms with Gasteiger partial charge in [0.2, 0.25) is 0 Å². The van der Waals surface area contributed by atoms with Gasteiger partial charge in [0, 0.05) is 5.56 Å². The molecule has 0 aromatic heterocycles. The van der Waals surface area contributed by atoms with Gasteiger partial charge in [-0.3, -0.25) is 0 Å². The van der Waals surface area contributed by atoms with Crippen molar-refractivity contribution in [3.8, 4) is 5.75 Å². The first-order valence-electron chi connectivity index (χ1n) is 7.14. The normalized spacial score (nSPS) is 12.2. The second-order valence-electron chi connectivity index (χ2n) is 5.15. The highest BCUT2D eigenvalue weighted by Crippen LogP contribution is 2.38. The molecule has 0 bridgehead atoms. The Morgan fingerprint density at radius 3 is 2.26 bits per heavy atom. The number of nitrogens with zero attached hydrogens (tertiary/aromatic N) is 1. The van der Waals surface area contributed by atoms with Crippen LogP contribution < -0.4 is 0 Å². The van der Waals surface area contributed by atoms with E-state index in [1.165, 1.54) is 11.8 Å². The molecule has 0 fully saturated rings. The zero-order valence-corrected chi connectivity index (χ0v) is 12.2. The molecule has 0 heterocycles. The fourth-order valence-electron chi connectivity index (χ4n) is 2.98. The van der Waals surface area contributed by atoms with E-state index in [-0.39, 0.29) is 11.2 Å². The van der Waals surface area contributed by atoms with E-state index in [9.17, 15) is 5.11 Å². The maximum atomic E-state index is 9.76. The lowest BCUT2D eigenvalue weighted by molar-refractivity contribution is 0.321. The Morgan fingerprint density at radius 1 is 1.16 bits per heavy atom. The number of rotatable bonds is 7. The number of benzene rings is 1. The van der Waals surface area contributed by atoms with Gasteiger partial charge in [-0.15, -0.1) is 0 Å². The van der Waals surface area contributed by atoms with Gasteiger partial charge in [0.25, 0.3) is 0 Å². The molecule has 1 aromatic rings. The largest absolute Gasteiger partial charge is 0.507 e. The van der Waals surface area contributed by atoms with Crippen molar-refractivity contribution in [3.63, 3.8) is 0 Å². The first-order chi connectivity index (χ1) is 9.13. The van der Waals surface area contributed by atoms with Crippen molar-refractivity contribution < 1.29 is 10.3 Å². The highest BCUT2D eigenvalue weighted by Gasteiger charge is 2.28. The fourth-order valence-corrected chi connectivity index (χ4v) is 2.98. The van der Waals surface area contributed by atoms with Crippen LogP contribution in [0.4, 0.5) is 0 Å². The van der Waals surface area contributed by atoms with Gasteiger partial charge in [0.05, 0.1) is 6.21 Å². The number of aromatic hydroxyl groups is 1. The van der Waals surface area contributed by atoms with E-state index in [2.05, 4.69) is 25.9 Å². The third kappa shape index (κ3) is 3.49. The van der Waals surface area contributed by atoms with Crippen molar-refractivity contribution >= 4 is 6.21 Å². The number of oxime groups is 1. The summed E-state index contributed by atoms with van der Waals surface area (Å²) in [6.45, 7) is 6.63. The molecule has 0 radical (unpaired) electrons. The zero-order valence-electron chi connectivity index (χ0n) is 12.2. The quantitative estimate of drug-likeness (QED) is 0.434. The second kappa shape index (κ2) is 7.17. The first-order valence-corrected chi connectivity index (χ1v) is 7.14. The maximum Gasteiger partial charge on any atom is 0.124 e. The molecule has 0 saturated heterocycles. The Labute approximate surface area is 116 Å². The molecule has 3 heteroatoms. The Morgan fingerprint density at radius 2 is 1.79 bits per heavy atom. The van der Waals surface area contributed by atoms with Crippen LogP contribution in [0.1, 0.15) is 64.0 Å². The van der Waals surface area contributed by atoms with E-state index >= 15 is 0 Å². The molecule has 1 aromatic carbocycles. The molecule has 106 valence electrons. The van der Waals surface area contributed by atoms with E-state index in [1.54, 1.807) is 6.07 Å². The lowest BCUT2D eigenvalue weighted by Gasteiger charge is -2.33. The van der Waals surface area contributed by atoms with Crippen LogP contribution in [0.15, 0.2) is 23.4 Å². The molecule has 0 aliphatic carbocycles. The Kier molecular flexibility index (Phi) is 5.87. The summed E-state index contributed by atoms with van der Waals surface area (Å²) in [7, 11) is 0. The van der Waals surface area contributed by atoms with E-state index in [0.29, 0.717) is 5.56 Å². The zero-order chi connectivity index (χ0) is 14.3. The third-order valence-corrected chi connectivity index (χ3v) is 3.97. The van der Waals surface area contributed by atoms with Gasteiger partial charge < -0.3 is 10.3 Å². The predicted molar refractivity (Wildman–Crippen MR) is 79.3 cm³/mol. The molecule has 0 atom stereocenters. The second-order valence-corrected chi connectivity index (χ2v) is 5.15. The lowest BCUT2D eigenvalue weighted by Crippen LogP contribution is -2.25. The van der Waals surface area contributed by atoms with Crippen LogP contribution in [-0.4, -0.2) is 16.5 Å². The molecule has 0 unspecified atom stereocenters. The van der Waals surface area contributed by atoms with Crippen LogP contribution in [0.5, 0.6) is 5.75 Å². The standard InChI is InChI=1S/C16H25NO2/c1-4-9-16(6-3,10-5-2)14-7-8-15(18)13(11-14)12-17-19/h7-8,11-12,18-19H,4-6,9-10H2,1-3H3/b17-12+. The van der Waals surface area contributed by atoms with E-state index in [1.807, 2.05) is 12.1 Å². The number of hydrogen-bond donors (Lipinski definition) is 2. The summed E-state index contributed by atoms with van der Waals surface area (Å²) >= 11 is 0. The summed E-state index contributed by atoms with van der Waals surface area (Å²) in [6.07, 6.45) is 6.91. The maximum absolute atomic E-state index is 9.76. The number of phenolic OH excluding ortho intramolecular Hbond substituents is 1. The SMILES string of the molecule is CCCC(CC)(CCC)c1ccc(O)c(/C=N/O)c1. The minimum absolute atomic E-state index is 0.152. The molecule has 1 rings (SSSR count). The Bertz CT molecular complexity index is 421. The van der Waals surface area contributed by atoms with Gasteiger partial charge in [0.15, 0.2) is 0 Å². The minimum Gasteiger partial charge on any atom is -0.507 e. The molecule has 3 nitrogen and oxygen atoms in total. The van der Waals surface area contributed by atoms with Crippen molar-refractivity contribution in [2.24, 2.45) is 5.16 Å². The van der Waals surface area contributed by atoms with Crippen molar-refractivity contribution in [1.29, 1.82) is 0 Å². The van der Waals surface area contributed by atoms with Gasteiger partial charge in [-0.1, -0.05) is 44.8 Å². The van der Waals surface area contributed by atoms with Crippen molar-refractivity contribution in [3.05, 3.63) is 29.3 Å². The van der Waals surface area contributed by atoms with E-state index < -0.39 is 0 Å². The summed E-state index contributed by atoms with van der Waals surface area (Å²) in [5.41, 5.74) is 1.96. The average Bonchev–Trinajstić information content (AvgIpc) is 2.41. The average molecular weight is 263 g/mol. The first kappa shape index (κ1) is 15.5. The third-order valence-electron chi connectivity index (χ3n) is 3.97. The predicted octanol–water partition coefficient (Wildman–Crippen LogP) is 4.45. The monoisotopic (exact) mass is 263 g/mol. The lowest BCUT2D eigenvalue weighted by atomic mass is 9.71. The molecule has 0 saturated carbocycles. The topological polar surface area (TPSA) is 52.8 Å². The molecule has 19 heavy (non-hydrogen) atoms. The van der Waals surface area contributed by atoms with E-state index in [0.717, 1.165) is 32.1 Å². The van der Waals surface area contributed by atoms with Crippen LogP contribution >= 0.6 is 0 Å². The number of phenols is 1. The molecule has 0 aliphatic heterocycles. The highest BCUT2D eigenvalue weighted by molar-refractivity contribution is 5.83. The Hall–Kier alpha value is -1.51. The van der Waals surface area contributed by atoms with Gasteiger partial charge in [0.1, 0.15) is 5.75 Å². The van der Waals surface area contributed by atoms with Crippen molar-refractivity contribution in [2.45, 2.75) is 58.3 Å². The van der Waals surface area contributed by atoms with Crippen molar-refractivity contribution in [2.75, 3.05) is 0 Å². The van der Waals surface area contributed by atoms with Gasteiger partial charge in [-0.05, 0) is 42.4 Å². The summed E-state index contributed by atoms with van der Waals surface area (Å²) in [4.78, 5) is 0. The number of hydrogen-bond acceptors (Lipinski definition) is 3. The van der Waals surface area contributed by atoms with Crippen LogP contribution in [-0.2, 0) is 5.41 Å². The molecule has 0 spiro atoms. The summed E-state index contributed by atoms with van der Waals surface area (Å²) in [5.74, 6) is 0.152. The van der Waals surface area contributed by atoms with E-state index in [4.69, 9.17) is 5.21 Å². The van der Waals surface area contributed by atoms with Gasteiger partial charge in [-0.2, -0.15) is 0 Å². The molecular weight excluding hydrogens is 238 g/mol. The van der Waals surface area contributed by atoms with Crippen LogP contribution in [0.2, 0.25) is 0 Å². The summed E-state index contributed by atoms with van der Waals surface area (Å²) < 4.78 is 0. The smallest absolute Gasteiger partial charge is 0.124 e. The van der Waals surface area contributed by atoms with Crippen LogP contribution in [0.25, 0.3) is 0 Å². The van der Waals surface area contributed by atoms with Crippen molar-refractivity contribution in [1.82, 2.24) is 0 Å². The highest BCUT2D eigenvalue weighted by atomic mass is 16.4. The Balaban J connectivity index is 3.25. The van der Waals surface area contributed by atoms with Gasteiger partial charge in [-0.25, -0.2) is 0 Å². The van der Waals surface area contributed by atoms with Crippen LogP contribution in [0, 0.1) is 0 Å². The summed E-state index contributed by atoms with van der Waals surface area (Å²) in [5, 5.41) is 21.4. The summed E-state index contributed by atoms with van der Waals surface area (Å²) in [6, 6.07) is 5.64. The molecule has 0 amide bonds. The van der Waals surface area contributed by atoms with Crippen LogP contribution in [0.3, 0.4) is 0 Å².